The molecule has 1 atom stereocenters. The molecule has 2 rings (SSSR count). The van der Waals surface area contributed by atoms with Crippen LogP contribution >= 0.6 is 0 Å². The average molecular weight is 358 g/mol. The van der Waals surface area contributed by atoms with Crippen molar-refractivity contribution in [3.8, 4) is 5.75 Å². The molecule has 0 fully saturated rings. The highest BCUT2D eigenvalue weighted by Gasteiger charge is 2.10. The lowest BCUT2D eigenvalue weighted by Crippen LogP contribution is -2.29. The minimum absolute atomic E-state index is 0.0456. The van der Waals surface area contributed by atoms with Crippen molar-refractivity contribution in [1.29, 1.82) is 0 Å². The lowest BCUT2D eigenvalue weighted by Gasteiger charge is -2.13. The van der Waals surface area contributed by atoms with Crippen molar-refractivity contribution < 1.29 is 18.8 Å². The lowest BCUT2D eigenvalue weighted by atomic mass is 10.1. The van der Waals surface area contributed by atoms with E-state index in [0.717, 1.165) is 11.1 Å². The number of halogens is 1. The number of nitrogens with one attached hydrogen (secondary N) is 1. The van der Waals surface area contributed by atoms with Crippen molar-refractivity contribution in [2.45, 2.75) is 32.9 Å². The maximum atomic E-state index is 12.9. The molecule has 0 aliphatic carbocycles. The van der Waals surface area contributed by atoms with Gasteiger partial charge in [0.1, 0.15) is 11.6 Å². The molecule has 26 heavy (non-hydrogen) atoms. The molecule has 1 N–H and O–H groups in total. The molecule has 0 spiro atoms. The first-order valence-electron chi connectivity index (χ1n) is 8.41. The van der Waals surface area contributed by atoms with Gasteiger partial charge in [-0.25, -0.2) is 4.39 Å². The molecule has 0 radical (unpaired) electrons. The SMILES string of the molecule is CC(C)Oc1ccccc1/C=N/OCC(=O)NC(C)c1ccc(F)cc1. The van der Waals surface area contributed by atoms with Crippen LogP contribution in [0.3, 0.4) is 0 Å². The zero-order chi connectivity index (χ0) is 18.9. The maximum Gasteiger partial charge on any atom is 0.261 e. The molecule has 0 aromatic heterocycles. The summed E-state index contributed by atoms with van der Waals surface area (Å²) in [5.74, 6) is 0.0709. The summed E-state index contributed by atoms with van der Waals surface area (Å²) in [7, 11) is 0. The number of carbonyl (C=O) groups excluding carboxylic acids is 1. The zero-order valence-electron chi connectivity index (χ0n) is 15.1. The third kappa shape index (κ3) is 6.20. The second-order valence-electron chi connectivity index (χ2n) is 6.05. The summed E-state index contributed by atoms with van der Waals surface area (Å²) >= 11 is 0. The number of benzene rings is 2. The van der Waals surface area contributed by atoms with E-state index in [9.17, 15) is 9.18 Å². The van der Waals surface area contributed by atoms with Crippen LogP contribution in [-0.2, 0) is 9.63 Å². The molecule has 1 amide bonds. The molecule has 138 valence electrons. The van der Waals surface area contributed by atoms with E-state index in [2.05, 4.69) is 10.5 Å². The van der Waals surface area contributed by atoms with Crippen LogP contribution in [-0.4, -0.2) is 24.8 Å². The third-order valence-corrected chi connectivity index (χ3v) is 3.49. The molecule has 0 aliphatic heterocycles. The van der Waals surface area contributed by atoms with Gasteiger partial charge in [0.15, 0.2) is 6.61 Å². The van der Waals surface area contributed by atoms with Gasteiger partial charge in [0, 0.05) is 5.56 Å². The molecule has 0 bridgehead atoms. The number of oxime groups is 1. The first kappa shape index (κ1) is 19.4. The Morgan fingerprint density at radius 3 is 2.54 bits per heavy atom. The first-order valence-corrected chi connectivity index (χ1v) is 8.41. The second kappa shape index (κ2) is 9.56. The summed E-state index contributed by atoms with van der Waals surface area (Å²) in [5.41, 5.74) is 1.57. The van der Waals surface area contributed by atoms with E-state index >= 15 is 0 Å². The molecule has 0 aliphatic rings. The summed E-state index contributed by atoms with van der Waals surface area (Å²) in [4.78, 5) is 17.0. The van der Waals surface area contributed by atoms with Crippen LogP contribution < -0.4 is 10.1 Å². The number of hydrogen-bond donors (Lipinski definition) is 1. The molecule has 0 saturated heterocycles. The predicted octanol–water partition coefficient (Wildman–Crippen LogP) is 3.84. The molecular formula is C20H23FN2O3. The van der Waals surface area contributed by atoms with E-state index in [1.165, 1.54) is 18.3 Å². The number of rotatable bonds is 8. The van der Waals surface area contributed by atoms with Crippen LogP contribution in [0.15, 0.2) is 53.7 Å². The van der Waals surface area contributed by atoms with E-state index < -0.39 is 0 Å². The van der Waals surface area contributed by atoms with Gasteiger partial charge in [0.2, 0.25) is 0 Å². The van der Waals surface area contributed by atoms with Crippen LogP contribution in [0.1, 0.15) is 37.9 Å². The number of amides is 1. The Bertz CT molecular complexity index is 745. The normalized spacial score (nSPS) is 12.2. The highest BCUT2D eigenvalue weighted by Crippen LogP contribution is 2.17. The fourth-order valence-corrected chi connectivity index (χ4v) is 2.26. The smallest absolute Gasteiger partial charge is 0.261 e. The summed E-state index contributed by atoms with van der Waals surface area (Å²) in [5, 5.41) is 6.59. The Morgan fingerprint density at radius 1 is 1.15 bits per heavy atom. The molecule has 5 nitrogen and oxygen atoms in total. The molecule has 1 unspecified atom stereocenters. The molecule has 6 heteroatoms. The van der Waals surface area contributed by atoms with Gasteiger partial charge in [-0.2, -0.15) is 0 Å². The van der Waals surface area contributed by atoms with E-state index in [4.69, 9.17) is 9.57 Å². The van der Waals surface area contributed by atoms with Gasteiger partial charge in [-0.3, -0.25) is 4.79 Å². The molecule has 2 aromatic carbocycles. The van der Waals surface area contributed by atoms with Crippen LogP contribution in [0.5, 0.6) is 5.75 Å². The van der Waals surface area contributed by atoms with Gasteiger partial charge in [-0.15, -0.1) is 0 Å². The van der Waals surface area contributed by atoms with E-state index in [1.54, 1.807) is 12.1 Å². The van der Waals surface area contributed by atoms with E-state index in [-0.39, 0.29) is 30.5 Å². The van der Waals surface area contributed by atoms with Crippen molar-refractivity contribution in [2.75, 3.05) is 6.61 Å². The summed E-state index contributed by atoms with van der Waals surface area (Å²) in [6.45, 7) is 5.48. The van der Waals surface area contributed by atoms with Crippen LogP contribution in [0.2, 0.25) is 0 Å². The Labute approximate surface area is 152 Å². The van der Waals surface area contributed by atoms with Gasteiger partial charge < -0.3 is 14.9 Å². The van der Waals surface area contributed by atoms with Crippen LogP contribution in [0.4, 0.5) is 4.39 Å². The minimum atomic E-state index is -0.314. The summed E-state index contributed by atoms with van der Waals surface area (Å²) < 4.78 is 18.6. The van der Waals surface area contributed by atoms with Crippen molar-refractivity contribution in [2.24, 2.45) is 5.16 Å². The van der Waals surface area contributed by atoms with Crippen LogP contribution in [0.25, 0.3) is 0 Å². The topological polar surface area (TPSA) is 59.9 Å². The first-order chi connectivity index (χ1) is 12.5. The molecular weight excluding hydrogens is 335 g/mol. The standard InChI is InChI=1S/C20H23FN2O3/c1-14(2)26-19-7-5-4-6-17(19)12-22-25-13-20(24)23-15(3)16-8-10-18(21)11-9-16/h4-12,14-15H,13H2,1-3H3,(H,23,24)/b22-12+. The molecule has 2 aromatic rings. The van der Waals surface area contributed by atoms with Gasteiger partial charge in [0.05, 0.1) is 18.4 Å². The monoisotopic (exact) mass is 358 g/mol. The molecule has 0 saturated carbocycles. The number of carbonyl (C=O) groups is 1. The highest BCUT2D eigenvalue weighted by atomic mass is 19.1. The number of para-hydroxylation sites is 1. The van der Waals surface area contributed by atoms with Gasteiger partial charge in [0.25, 0.3) is 5.91 Å². The zero-order valence-corrected chi connectivity index (χ0v) is 15.1. The third-order valence-electron chi connectivity index (χ3n) is 3.49. The Hall–Kier alpha value is -2.89. The van der Waals surface area contributed by atoms with Crippen molar-refractivity contribution in [3.05, 3.63) is 65.5 Å². The quantitative estimate of drug-likeness (QED) is 0.576. The minimum Gasteiger partial charge on any atom is -0.490 e. The van der Waals surface area contributed by atoms with Gasteiger partial charge in [-0.05, 0) is 50.6 Å². The van der Waals surface area contributed by atoms with E-state index in [0.29, 0.717) is 5.75 Å². The average Bonchev–Trinajstić information content (AvgIpc) is 2.60. The van der Waals surface area contributed by atoms with Crippen molar-refractivity contribution in [1.82, 2.24) is 5.32 Å². The van der Waals surface area contributed by atoms with Gasteiger partial charge in [-0.1, -0.05) is 29.4 Å². The second-order valence-corrected chi connectivity index (χ2v) is 6.05. The summed E-state index contributed by atoms with van der Waals surface area (Å²) in [6.07, 6.45) is 1.55. The Morgan fingerprint density at radius 2 is 1.85 bits per heavy atom. The fourth-order valence-electron chi connectivity index (χ4n) is 2.26. The number of hydrogen-bond acceptors (Lipinski definition) is 4. The summed E-state index contributed by atoms with van der Waals surface area (Å²) in [6, 6.07) is 13.2. The maximum absolute atomic E-state index is 12.9. The fraction of sp³-hybridized carbons (Fsp3) is 0.300. The predicted molar refractivity (Wildman–Crippen MR) is 98.7 cm³/mol. The van der Waals surface area contributed by atoms with E-state index in [1.807, 2.05) is 45.0 Å². The Kier molecular flexibility index (Phi) is 7.14. The van der Waals surface area contributed by atoms with Gasteiger partial charge >= 0.3 is 0 Å². The highest BCUT2D eigenvalue weighted by molar-refractivity contribution is 5.83. The van der Waals surface area contributed by atoms with Crippen molar-refractivity contribution >= 4 is 12.1 Å². The van der Waals surface area contributed by atoms with Crippen molar-refractivity contribution in [3.63, 3.8) is 0 Å². The number of nitrogens with zero attached hydrogens (tertiary/aromatic N) is 1. The molecule has 0 heterocycles. The number of ether oxygens (including phenoxy) is 1. The largest absolute Gasteiger partial charge is 0.490 e. The van der Waals surface area contributed by atoms with Crippen LogP contribution in [0, 0.1) is 5.82 Å². The lowest BCUT2D eigenvalue weighted by molar-refractivity contribution is -0.126. The Balaban J connectivity index is 1.83.